The summed E-state index contributed by atoms with van der Waals surface area (Å²) < 4.78 is 29.4. The van der Waals surface area contributed by atoms with Crippen molar-refractivity contribution < 1.29 is 18.3 Å². The van der Waals surface area contributed by atoms with E-state index in [1.165, 1.54) is 60.3 Å². The molecule has 0 N–H and O–H groups in total. The zero-order valence-corrected chi connectivity index (χ0v) is 54.6. The molecule has 0 aliphatic heterocycles. The molecule has 8 nitrogen and oxygen atoms in total. The van der Waals surface area contributed by atoms with Crippen LogP contribution in [0.25, 0.3) is 155 Å². The number of furan rings is 1. The molecule has 0 aliphatic carbocycles. The quantitative estimate of drug-likeness (QED) is 0.128. The van der Waals surface area contributed by atoms with E-state index in [1.807, 2.05) is 48.5 Å². The van der Waals surface area contributed by atoms with E-state index < -0.39 is 0 Å². The highest BCUT2D eigenvalue weighted by Crippen LogP contribution is 2.45. The van der Waals surface area contributed by atoms with Crippen LogP contribution < -0.4 is 9.47 Å². The van der Waals surface area contributed by atoms with Crippen molar-refractivity contribution in [3.63, 3.8) is 0 Å². The summed E-state index contributed by atoms with van der Waals surface area (Å²) in [5, 5.41) is 15.7. The number of fused-ring (bicyclic) bond motifs is 9. The predicted octanol–water partition coefficient (Wildman–Crippen LogP) is 23.5. The first-order chi connectivity index (χ1) is 46.9. The summed E-state index contributed by atoms with van der Waals surface area (Å²) in [6.07, 6.45) is 0. The molecule has 96 heavy (non-hydrogen) atoms. The standard InChI is InChI=1S/C56H38N2O2.C32H30N2O2/c1-35-28-46(36-14-4-3-5-15-36)56(59-2)47(29-35)38-25-27-55-49(33-38)48-32-37(24-26-54(48)60-55)39-30-40(57-50-20-10-6-16-42(50)43-17-7-11-21-51(43)57)34-41(31-39)58-52-22-12-8-18-44(52)45-19-9-13-23-53(45)58;1-21-19-27(22-9-7-6-8-10-22)29(35-5)28(20-21)23-11-13-24(14-12-23)30-33-34-31(36-30)25-15-17-26(18-16-25)32(2,3)4/h3-34H,1-2H3;6-20H,1-5H3. The predicted molar refractivity (Wildman–Crippen MR) is 396 cm³/mol. The van der Waals surface area contributed by atoms with E-state index in [4.69, 9.17) is 18.3 Å². The molecule has 464 valence electrons. The van der Waals surface area contributed by atoms with Gasteiger partial charge in [0, 0.05) is 77.1 Å². The molecule has 0 unspecified atom stereocenters. The number of methoxy groups -OCH3 is 2. The SMILES string of the molecule is COc1c(-c2ccccc2)cc(C)cc1-c1ccc(-c2nnc(-c3ccc(C(C)(C)C)cc3)o2)cc1.COc1c(-c2ccccc2)cc(C)cc1-c1ccc2oc3ccc(-c4cc(-n5c6ccccc6c6ccccc65)cc(-n5c6ccccc6c6ccccc65)c4)cc3c2c1. The minimum Gasteiger partial charge on any atom is -0.495 e. The van der Waals surface area contributed by atoms with Gasteiger partial charge in [0.05, 0.1) is 36.3 Å². The summed E-state index contributed by atoms with van der Waals surface area (Å²) in [4.78, 5) is 0. The Morgan fingerprint density at radius 3 is 1.06 bits per heavy atom. The van der Waals surface area contributed by atoms with Crippen molar-refractivity contribution in [1.82, 2.24) is 19.3 Å². The molecule has 17 aromatic rings. The van der Waals surface area contributed by atoms with E-state index >= 15 is 0 Å². The maximum absolute atomic E-state index is 6.53. The van der Waals surface area contributed by atoms with Crippen molar-refractivity contribution in [3.05, 3.63) is 302 Å². The monoisotopic (exact) mass is 1240 g/mol. The van der Waals surface area contributed by atoms with E-state index in [2.05, 4.69) is 291 Å². The van der Waals surface area contributed by atoms with Crippen molar-refractivity contribution in [2.45, 2.75) is 40.0 Å². The van der Waals surface area contributed by atoms with Crippen LogP contribution in [0.15, 0.2) is 294 Å². The van der Waals surface area contributed by atoms with Gasteiger partial charge in [-0.25, -0.2) is 0 Å². The van der Waals surface area contributed by atoms with Gasteiger partial charge < -0.3 is 27.4 Å². The Kier molecular flexibility index (Phi) is 14.9. The number of nitrogens with zero attached hydrogens (tertiary/aromatic N) is 4. The third-order valence-corrected chi connectivity index (χ3v) is 18.6. The van der Waals surface area contributed by atoms with Gasteiger partial charge in [0.1, 0.15) is 22.7 Å². The van der Waals surface area contributed by atoms with Gasteiger partial charge in [-0.2, -0.15) is 0 Å². The van der Waals surface area contributed by atoms with Crippen molar-refractivity contribution in [3.8, 4) is 101 Å². The first-order valence-electron chi connectivity index (χ1n) is 32.6. The zero-order chi connectivity index (χ0) is 65.2. The first-order valence-corrected chi connectivity index (χ1v) is 32.6. The fraction of sp³-hybridized carbons (Fsp3) is 0.0909. The van der Waals surface area contributed by atoms with Crippen LogP contribution >= 0.6 is 0 Å². The van der Waals surface area contributed by atoms with Gasteiger partial charge in [-0.1, -0.05) is 191 Å². The largest absolute Gasteiger partial charge is 0.495 e. The fourth-order valence-corrected chi connectivity index (χ4v) is 14.0. The van der Waals surface area contributed by atoms with E-state index in [9.17, 15) is 0 Å². The van der Waals surface area contributed by atoms with E-state index in [1.54, 1.807) is 14.2 Å². The summed E-state index contributed by atoms with van der Waals surface area (Å²) in [7, 11) is 3.49. The minimum atomic E-state index is 0.0993. The second kappa shape index (κ2) is 24.2. The molecule has 4 aromatic heterocycles. The maximum Gasteiger partial charge on any atom is 0.248 e. The number of hydrogen-bond acceptors (Lipinski definition) is 6. The molecule has 8 heteroatoms. The van der Waals surface area contributed by atoms with Gasteiger partial charge in [0.25, 0.3) is 0 Å². The van der Waals surface area contributed by atoms with Crippen LogP contribution in [-0.4, -0.2) is 33.6 Å². The van der Waals surface area contributed by atoms with Crippen molar-refractivity contribution in [1.29, 1.82) is 0 Å². The van der Waals surface area contributed by atoms with Crippen LogP contribution in [0.3, 0.4) is 0 Å². The Morgan fingerprint density at radius 2 is 0.646 bits per heavy atom. The summed E-state index contributed by atoms with van der Waals surface area (Å²) in [5.74, 6) is 2.73. The molecule has 0 spiro atoms. The normalized spacial score (nSPS) is 11.7. The van der Waals surface area contributed by atoms with Crippen molar-refractivity contribution in [2.24, 2.45) is 0 Å². The van der Waals surface area contributed by atoms with Crippen LogP contribution in [0.5, 0.6) is 11.5 Å². The number of ether oxygens (including phenoxy) is 2. The van der Waals surface area contributed by atoms with Crippen LogP contribution in [0, 0.1) is 13.8 Å². The Hall–Kier alpha value is -12.0. The molecule has 4 heterocycles. The summed E-state index contributed by atoms with van der Waals surface area (Å²) in [6.45, 7) is 10.9. The first kappa shape index (κ1) is 59.0. The number of benzene rings is 13. The lowest BCUT2D eigenvalue weighted by Crippen LogP contribution is -2.10. The highest BCUT2D eigenvalue weighted by Gasteiger charge is 2.22. The third-order valence-electron chi connectivity index (χ3n) is 18.6. The number of aromatic nitrogens is 4. The molecule has 0 fully saturated rings. The van der Waals surface area contributed by atoms with Gasteiger partial charge in [-0.05, 0) is 185 Å². The zero-order valence-electron chi connectivity index (χ0n) is 54.6. The second-order valence-corrected chi connectivity index (χ2v) is 25.8. The topological polar surface area (TPSA) is 80.4 Å². The third kappa shape index (κ3) is 10.6. The van der Waals surface area contributed by atoms with Crippen LogP contribution in [0.1, 0.15) is 37.5 Å². The maximum atomic E-state index is 6.53. The smallest absolute Gasteiger partial charge is 0.248 e. The molecule has 13 aromatic carbocycles. The van der Waals surface area contributed by atoms with Crippen molar-refractivity contribution in [2.75, 3.05) is 14.2 Å². The van der Waals surface area contributed by atoms with E-state index in [0.717, 1.165) is 112 Å². The van der Waals surface area contributed by atoms with Gasteiger partial charge >= 0.3 is 0 Å². The van der Waals surface area contributed by atoms with E-state index in [-0.39, 0.29) is 5.41 Å². The fourth-order valence-electron chi connectivity index (χ4n) is 14.0. The lowest BCUT2D eigenvalue weighted by molar-refractivity contribution is 0.418. The average Bonchev–Trinajstić information content (AvgIpc) is 1.56. The van der Waals surface area contributed by atoms with Gasteiger partial charge in [-0.15, -0.1) is 10.2 Å². The minimum absolute atomic E-state index is 0.0993. The molecule has 0 saturated carbocycles. The van der Waals surface area contributed by atoms with Crippen LogP contribution in [-0.2, 0) is 5.41 Å². The van der Waals surface area contributed by atoms with Gasteiger partial charge in [0.2, 0.25) is 11.8 Å². The second-order valence-electron chi connectivity index (χ2n) is 25.8. The lowest BCUT2D eigenvalue weighted by Gasteiger charge is -2.18. The molecule has 0 bridgehead atoms. The molecule has 0 atom stereocenters. The molecule has 0 amide bonds. The molecule has 0 aliphatic rings. The van der Waals surface area contributed by atoms with Crippen molar-refractivity contribution >= 4 is 65.6 Å². The molecular formula is C88H68N4O4. The number of aryl methyl sites for hydroxylation is 2. The Balaban J connectivity index is 0.000000172. The Morgan fingerprint density at radius 1 is 0.302 bits per heavy atom. The highest BCUT2D eigenvalue weighted by atomic mass is 16.5. The molecular weight excluding hydrogens is 1180 g/mol. The highest BCUT2D eigenvalue weighted by molar-refractivity contribution is 6.12. The summed E-state index contributed by atoms with van der Waals surface area (Å²) >= 11 is 0. The average molecular weight is 1250 g/mol. The summed E-state index contributed by atoms with van der Waals surface area (Å²) in [6, 6.07) is 101. The molecule has 0 saturated heterocycles. The summed E-state index contributed by atoms with van der Waals surface area (Å²) in [5.41, 5.74) is 25.0. The van der Waals surface area contributed by atoms with Crippen LogP contribution in [0.4, 0.5) is 0 Å². The Bertz CT molecular complexity index is 5550. The van der Waals surface area contributed by atoms with E-state index in [0.29, 0.717) is 11.8 Å². The lowest BCUT2D eigenvalue weighted by atomic mass is 9.87. The van der Waals surface area contributed by atoms with Gasteiger partial charge in [-0.3, -0.25) is 0 Å². The molecule has 0 radical (unpaired) electrons. The number of rotatable bonds is 11. The molecule has 17 rings (SSSR count). The van der Waals surface area contributed by atoms with Gasteiger partial charge in [0.15, 0.2) is 0 Å². The number of hydrogen-bond donors (Lipinski definition) is 0. The number of para-hydroxylation sites is 4. The Labute approximate surface area is 557 Å². The van der Waals surface area contributed by atoms with Crippen LogP contribution in [0.2, 0.25) is 0 Å².